The highest BCUT2D eigenvalue weighted by molar-refractivity contribution is 5.93. The zero-order chi connectivity index (χ0) is 18.1. The quantitative estimate of drug-likeness (QED) is 0.769. The first-order valence-electron chi connectivity index (χ1n) is 8.54. The summed E-state index contributed by atoms with van der Waals surface area (Å²) in [6, 6.07) is 8.85. The summed E-state index contributed by atoms with van der Waals surface area (Å²) in [6.45, 7) is 1.57. The lowest BCUT2D eigenvalue weighted by Gasteiger charge is -2.25. The molecule has 1 amide bonds. The van der Waals surface area contributed by atoms with Crippen molar-refractivity contribution in [3.05, 3.63) is 48.0 Å². The number of aromatic hydroxyl groups is 1. The number of aromatic nitrogens is 3. The number of piperidine rings is 1. The molecule has 7 heteroatoms. The molecule has 130 valence electrons. The Balaban J connectivity index is 1.66. The zero-order valence-electron chi connectivity index (χ0n) is 14.1. The van der Waals surface area contributed by atoms with E-state index in [1.165, 1.54) is 18.7 Å². The number of hydrogen-bond acceptors (Lipinski definition) is 5. The lowest BCUT2D eigenvalue weighted by molar-refractivity contribution is 0.0718. The van der Waals surface area contributed by atoms with Crippen LogP contribution in [0.4, 0.5) is 0 Å². The average Bonchev–Trinajstić information content (AvgIpc) is 3.11. The number of hydrogen-bond donors (Lipinski definition) is 1. The Kier molecular flexibility index (Phi) is 4.01. The third-order valence-corrected chi connectivity index (χ3v) is 4.63. The fourth-order valence-electron chi connectivity index (χ4n) is 3.22. The molecule has 0 aromatic carbocycles. The highest BCUT2D eigenvalue weighted by Gasteiger charge is 2.20. The molecule has 3 aromatic heterocycles. The number of carbonyl (C=O) groups is 1. The molecule has 0 bridgehead atoms. The van der Waals surface area contributed by atoms with E-state index >= 15 is 0 Å². The van der Waals surface area contributed by atoms with Gasteiger partial charge in [-0.2, -0.15) is 10.4 Å². The first kappa shape index (κ1) is 16.1. The van der Waals surface area contributed by atoms with E-state index in [1.54, 1.807) is 16.8 Å². The van der Waals surface area contributed by atoms with Crippen molar-refractivity contribution in [2.45, 2.75) is 19.3 Å². The molecule has 1 fully saturated rings. The molecular formula is C19H17N5O2. The zero-order valence-corrected chi connectivity index (χ0v) is 14.1. The van der Waals surface area contributed by atoms with Crippen molar-refractivity contribution < 1.29 is 9.90 Å². The Bertz CT molecular complexity index is 1030. The highest BCUT2D eigenvalue weighted by atomic mass is 16.3. The molecule has 26 heavy (non-hydrogen) atoms. The molecule has 0 aliphatic carbocycles. The summed E-state index contributed by atoms with van der Waals surface area (Å²) in [6.07, 6.45) is 6.56. The van der Waals surface area contributed by atoms with Gasteiger partial charge in [0, 0.05) is 36.6 Å². The van der Waals surface area contributed by atoms with Crippen molar-refractivity contribution in [2.24, 2.45) is 0 Å². The van der Waals surface area contributed by atoms with E-state index in [1.807, 2.05) is 23.1 Å². The molecule has 0 unspecified atom stereocenters. The van der Waals surface area contributed by atoms with Crippen LogP contribution >= 0.6 is 0 Å². The van der Waals surface area contributed by atoms with Crippen LogP contribution < -0.4 is 0 Å². The van der Waals surface area contributed by atoms with Gasteiger partial charge in [-0.3, -0.25) is 4.79 Å². The van der Waals surface area contributed by atoms with Crippen LogP contribution in [0.1, 0.15) is 35.4 Å². The van der Waals surface area contributed by atoms with Crippen molar-refractivity contribution in [3.8, 4) is 22.9 Å². The van der Waals surface area contributed by atoms with Crippen molar-refractivity contribution in [3.63, 3.8) is 0 Å². The number of rotatable bonds is 2. The number of likely N-dealkylation sites (tertiary alicyclic amines) is 1. The standard InChI is InChI=1S/C19H17N5O2/c20-10-17-18(25)8-14(11-21-17)13-4-5-15-9-16(22-24(15)12-13)19(26)23-6-2-1-3-7-23/h4-5,8-9,11-12,25H,1-3,6-7H2. The van der Waals surface area contributed by atoms with Gasteiger partial charge >= 0.3 is 0 Å². The maximum absolute atomic E-state index is 12.6. The van der Waals surface area contributed by atoms with Gasteiger partial charge in [-0.15, -0.1) is 0 Å². The second kappa shape index (κ2) is 6.48. The summed E-state index contributed by atoms with van der Waals surface area (Å²) in [5, 5.41) is 23.1. The molecule has 7 nitrogen and oxygen atoms in total. The van der Waals surface area contributed by atoms with Gasteiger partial charge in [0.1, 0.15) is 6.07 Å². The van der Waals surface area contributed by atoms with Gasteiger partial charge in [0.15, 0.2) is 17.1 Å². The summed E-state index contributed by atoms with van der Waals surface area (Å²) in [4.78, 5) is 18.4. The van der Waals surface area contributed by atoms with Crippen LogP contribution in [0.15, 0.2) is 36.7 Å². The molecule has 0 saturated carbocycles. The van der Waals surface area contributed by atoms with Crippen LogP contribution in [-0.2, 0) is 0 Å². The van der Waals surface area contributed by atoms with E-state index in [-0.39, 0.29) is 17.4 Å². The Morgan fingerprint density at radius 2 is 1.96 bits per heavy atom. The fourth-order valence-corrected chi connectivity index (χ4v) is 3.22. The van der Waals surface area contributed by atoms with E-state index in [4.69, 9.17) is 5.26 Å². The van der Waals surface area contributed by atoms with Gasteiger partial charge in [0.25, 0.3) is 5.91 Å². The summed E-state index contributed by atoms with van der Waals surface area (Å²) in [7, 11) is 0. The highest BCUT2D eigenvalue weighted by Crippen LogP contribution is 2.25. The Morgan fingerprint density at radius 3 is 2.69 bits per heavy atom. The molecule has 1 aliphatic heterocycles. The van der Waals surface area contributed by atoms with Crippen molar-refractivity contribution in [1.29, 1.82) is 5.26 Å². The van der Waals surface area contributed by atoms with Crippen molar-refractivity contribution >= 4 is 11.4 Å². The smallest absolute Gasteiger partial charge is 0.274 e. The van der Waals surface area contributed by atoms with Gasteiger partial charge in [-0.1, -0.05) is 6.07 Å². The molecule has 4 rings (SSSR count). The summed E-state index contributed by atoms with van der Waals surface area (Å²) < 4.78 is 1.65. The van der Waals surface area contributed by atoms with Crippen LogP contribution in [0, 0.1) is 11.3 Å². The van der Waals surface area contributed by atoms with Crippen LogP contribution in [0.3, 0.4) is 0 Å². The Labute approximate surface area is 150 Å². The number of amides is 1. The minimum absolute atomic E-state index is 0.0108. The van der Waals surface area contributed by atoms with Crippen molar-refractivity contribution in [2.75, 3.05) is 13.1 Å². The average molecular weight is 347 g/mol. The molecule has 0 spiro atoms. The normalized spacial score (nSPS) is 14.3. The van der Waals surface area contributed by atoms with Crippen LogP contribution in [-0.4, -0.2) is 43.6 Å². The number of nitriles is 1. The Hall–Kier alpha value is -3.40. The summed E-state index contributed by atoms with van der Waals surface area (Å²) >= 11 is 0. The van der Waals surface area contributed by atoms with Gasteiger partial charge in [-0.05, 0) is 37.5 Å². The predicted molar refractivity (Wildman–Crippen MR) is 94.6 cm³/mol. The van der Waals surface area contributed by atoms with E-state index in [2.05, 4.69) is 10.1 Å². The molecule has 0 atom stereocenters. The van der Waals surface area contributed by atoms with Gasteiger partial charge in [0.05, 0.1) is 5.52 Å². The van der Waals surface area contributed by atoms with Crippen molar-refractivity contribution in [1.82, 2.24) is 19.5 Å². The fraction of sp³-hybridized carbons (Fsp3) is 0.263. The second-order valence-corrected chi connectivity index (χ2v) is 6.37. The molecule has 1 saturated heterocycles. The van der Waals surface area contributed by atoms with E-state index in [0.717, 1.165) is 37.0 Å². The molecule has 0 radical (unpaired) electrons. The molecule has 4 heterocycles. The van der Waals surface area contributed by atoms with Crippen LogP contribution in [0.5, 0.6) is 5.75 Å². The first-order chi connectivity index (χ1) is 12.7. The number of carbonyl (C=O) groups excluding carboxylic acids is 1. The van der Waals surface area contributed by atoms with Crippen LogP contribution in [0.2, 0.25) is 0 Å². The minimum Gasteiger partial charge on any atom is -0.505 e. The predicted octanol–water partition coefficient (Wildman–Crippen LogP) is 2.60. The number of fused-ring (bicyclic) bond motifs is 1. The monoisotopic (exact) mass is 347 g/mol. The van der Waals surface area contributed by atoms with Gasteiger partial charge in [-0.25, -0.2) is 9.50 Å². The number of pyridine rings is 2. The SMILES string of the molecule is N#Cc1ncc(-c2ccc3cc(C(=O)N4CCCCC4)nn3c2)cc1O. The lowest BCUT2D eigenvalue weighted by Crippen LogP contribution is -2.35. The molecular weight excluding hydrogens is 330 g/mol. The molecule has 1 N–H and O–H groups in total. The third kappa shape index (κ3) is 2.86. The van der Waals surface area contributed by atoms with Gasteiger partial charge < -0.3 is 10.0 Å². The largest absolute Gasteiger partial charge is 0.505 e. The summed E-state index contributed by atoms with van der Waals surface area (Å²) in [5.74, 6) is -0.195. The third-order valence-electron chi connectivity index (χ3n) is 4.63. The topological polar surface area (TPSA) is 94.5 Å². The van der Waals surface area contributed by atoms with E-state index in [9.17, 15) is 9.90 Å². The maximum Gasteiger partial charge on any atom is 0.274 e. The van der Waals surface area contributed by atoms with Gasteiger partial charge in [0.2, 0.25) is 0 Å². The van der Waals surface area contributed by atoms with Crippen LogP contribution in [0.25, 0.3) is 16.6 Å². The minimum atomic E-state index is -0.161. The van der Waals surface area contributed by atoms with E-state index < -0.39 is 0 Å². The maximum atomic E-state index is 12.6. The second-order valence-electron chi connectivity index (χ2n) is 6.37. The summed E-state index contributed by atoms with van der Waals surface area (Å²) in [5.41, 5.74) is 2.70. The Morgan fingerprint density at radius 1 is 1.15 bits per heavy atom. The first-order valence-corrected chi connectivity index (χ1v) is 8.54. The lowest BCUT2D eigenvalue weighted by atomic mass is 10.1. The van der Waals surface area contributed by atoms with E-state index in [0.29, 0.717) is 11.3 Å². The molecule has 1 aliphatic rings. The molecule has 3 aromatic rings. The number of nitrogens with zero attached hydrogens (tertiary/aromatic N) is 5.